The molecule has 0 saturated heterocycles. The lowest BCUT2D eigenvalue weighted by Gasteiger charge is -2.11. The number of hydrogen-bond donors (Lipinski definition) is 2. The monoisotopic (exact) mass is 204 g/mol. The number of thioether (sulfide) groups is 1. The molecule has 0 rings (SSSR count). The van der Waals surface area contributed by atoms with E-state index in [0.29, 0.717) is 12.3 Å². The van der Waals surface area contributed by atoms with Gasteiger partial charge in [0.25, 0.3) is 0 Å². The van der Waals surface area contributed by atoms with Crippen molar-refractivity contribution in [3.05, 3.63) is 0 Å². The summed E-state index contributed by atoms with van der Waals surface area (Å²) in [5.41, 5.74) is 5.49. The first-order valence-corrected chi connectivity index (χ1v) is 5.96. The summed E-state index contributed by atoms with van der Waals surface area (Å²) in [4.78, 5) is 11.2. The Kier molecular flexibility index (Phi) is 7.09. The molecule has 78 valence electrons. The lowest BCUT2D eigenvalue weighted by Crippen LogP contribution is -2.33. The van der Waals surface area contributed by atoms with Gasteiger partial charge in [0.2, 0.25) is 5.91 Å². The average molecular weight is 204 g/mol. The molecule has 4 heteroatoms. The van der Waals surface area contributed by atoms with Crippen LogP contribution in [0.5, 0.6) is 0 Å². The lowest BCUT2D eigenvalue weighted by atomic mass is 10.2. The van der Waals surface area contributed by atoms with E-state index < -0.39 is 0 Å². The number of nitrogens with one attached hydrogen (secondary N) is 1. The molecule has 0 aromatic heterocycles. The number of amides is 1. The smallest absolute Gasteiger partial charge is 0.221 e. The van der Waals surface area contributed by atoms with Gasteiger partial charge in [-0.1, -0.05) is 6.92 Å². The molecule has 13 heavy (non-hydrogen) atoms. The van der Waals surface area contributed by atoms with Crippen LogP contribution in [-0.4, -0.2) is 30.5 Å². The lowest BCUT2D eigenvalue weighted by molar-refractivity contribution is -0.121. The zero-order chi connectivity index (χ0) is 10.3. The van der Waals surface area contributed by atoms with Gasteiger partial charge in [-0.05, 0) is 24.9 Å². The van der Waals surface area contributed by atoms with Crippen molar-refractivity contribution in [2.45, 2.75) is 26.3 Å². The normalized spacial score (nSPS) is 15.1. The molecule has 0 aliphatic heterocycles. The largest absolute Gasteiger partial charge is 0.356 e. The summed E-state index contributed by atoms with van der Waals surface area (Å²) in [6.45, 7) is 4.72. The Morgan fingerprint density at radius 3 is 2.62 bits per heavy atom. The quantitative estimate of drug-likeness (QED) is 0.674. The molecule has 0 radical (unpaired) electrons. The molecular formula is C9H20N2OS. The molecule has 0 heterocycles. The van der Waals surface area contributed by atoms with Gasteiger partial charge in [0.05, 0.1) is 0 Å². The van der Waals surface area contributed by atoms with Gasteiger partial charge in [0.1, 0.15) is 0 Å². The third kappa shape index (κ3) is 8.12. The Morgan fingerprint density at radius 1 is 1.54 bits per heavy atom. The molecule has 0 fully saturated rings. The van der Waals surface area contributed by atoms with E-state index in [2.05, 4.69) is 18.5 Å². The van der Waals surface area contributed by atoms with Crippen LogP contribution < -0.4 is 11.1 Å². The highest BCUT2D eigenvalue weighted by atomic mass is 32.2. The van der Waals surface area contributed by atoms with Crippen molar-refractivity contribution in [2.24, 2.45) is 11.7 Å². The maximum atomic E-state index is 11.2. The molecule has 0 saturated carbocycles. The summed E-state index contributed by atoms with van der Waals surface area (Å²) in [7, 11) is 0. The van der Waals surface area contributed by atoms with E-state index in [-0.39, 0.29) is 11.9 Å². The first-order chi connectivity index (χ1) is 6.06. The van der Waals surface area contributed by atoms with Crippen molar-refractivity contribution in [2.75, 3.05) is 18.6 Å². The molecular weight excluding hydrogens is 184 g/mol. The summed E-state index contributed by atoms with van der Waals surface area (Å²) in [6.07, 6.45) is 2.49. The maximum Gasteiger partial charge on any atom is 0.221 e. The predicted molar refractivity (Wildman–Crippen MR) is 58.8 cm³/mol. The number of rotatable bonds is 6. The minimum absolute atomic E-state index is 0.0455. The predicted octanol–water partition coefficient (Wildman–Crippen LogP) is 0.839. The van der Waals surface area contributed by atoms with Gasteiger partial charge in [0, 0.05) is 19.0 Å². The van der Waals surface area contributed by atoms with Gasteiger partial charge >= 0.3 is 0 Å². The van der Waals surface area contributed by atoms with E-state index >= 15 is 0 Å². The van der Waals surface area contributed by atoms with Crippen LogP contribution in [0.4, 0.5) is 0 Å². The Balaban J connectivity index is 3.46. The van der Waals surface area contributed by atoms with Gasteiger partial charge in [-0.25, -0.2) is 0 Å². The van der Waals surface area contributed by atoms with E-state index in [9.17, 15) is 4.79 Å². The van der Waals surface area contributed by atoms with Gasteiger partial charge in [0.15, 0.2) is 0 Å². The van der Waals surface area contributed by atoms with Crippen LogP contribution >= 0.6 is 11.8 Å². The first-order valence-electron chi connectivity index (χ1n) is 4.57. The molecule has 2 atom stereocenters. The molecule has 3 nitrogen and oxygen atoms in total. The minimum atomic E-state index is -0.0455. The molecule has 0 aromatic carbocycles. The van der Waals surface area contributed by atoms with Crippen LogP contribution in [0.3, 0.4) is 0 Å². The van der Waals surface area contributed by atoms with E-state index in [0.717, 1.165) is 12.3 Å². The molecule has 0 aromatic rings. The fourth-order valence-electron chi connectivity index (χ4n) is 0.996. The van der Waals surface area contributed by atoms with E-state index in [1.807, 2.05) is 6.92 Å². The Morgan fingerprint density at radius 2 is 2.15 bits per heavy atom. The molecule has 0 spiro atoms. The SMILES string of the molecule is CSCC(C)CNC(=O)CC(C)N. The van der Waals surface area contributed by atoms with E-state index in [1.165, 1.54) is 0 Å². The second kappa shape index (κ2) is 7.21. The van der Waals surface area contributed by atoms with Gasteiger partial charge < -0.3 is 11.1 Å². The number of carbonyl (C=O) groups is 1. The summed E-state index contributed by atoms with van der Waals surface area (Å²) in [5.74, 6) is 1.67. The molecule has 0 bridgehead atoms. The number of nitrogens with two attached hydrogens (primary N) is 1. The van der Waals surface area contributed by atoms with Gasteiger partial charge in [-0.15, -0.1) is 0 Å². The standard InChI is InChI=1S/C9H20N2OS/c1-7(6-13-3)5-11-9(12)4-8(2)10/h7-8H,4-6,10H2,1-3H3,(H,11,12). The summed E-state index contributed by atoms with van der Waals surface area (Å²) >= 11 is 1.80. The zero-order valence-electron chi connectivity index (χ0n) is 8.67. The Hall–Kier alpha value is -0.220. The first kappa shape index (κ1) is 12.8. The summed E-state index contributed by atoms with van der Waals surface area (Å²) < 4.78 is 0. The average Bonchev–Trinajstić information content (AvgIpc) is 2.00. The van der Waals surface area contributed by atoms with Crippen LogP contribution in [0.15, 0.2) is 0 Å². The van der Waals surface area contributed by atoms with Crippen LogP contribution in [-0.2, 0) is 4.79 Å². The molecule has 1 amide bonds. The molecule has 0 aliphatic carbocycles. The van der Waals surface area contributed by atoms with Crippen molar-refractivity contribution in [3.63, 3.8) is 0 Å². The number of hydrogen-bond acceptors (Lipinski definition) is 3. The van der Waals surface area contributed by atoms with Crippen molar-refractivity contribution in [1.82, 2.24) is 5.32 Å². The summed E-state index contributed by atoms with van der Waals surface area (Å²) in [6, 6.07) is -0.0455. The number of carbonyl (C=O) groups excluding carboxylic acids is 1. The second-order valence-corrected chi connectivity index (χ2v) is 4.46. The second-order valence-electron chi connectivity index (χ2n) is 3.55. The van der Waals surface area contributed by atoms with Gasteiger partial charge in [-0.2, -0.15) is 11.8 Å². The topological polar surface area (TPSA) is 55.1 Å². The summed E-state index contributed by atoms with van der Waals surface area (Å²) in [5, 5.41) is 2.87. The highest BCUT2D eigenvalue weighted by Crippen LogP contribution is 2.02. The van der Waals surface area contributed by atoms with Crippen LogP contribution in [0.25, 0.3) is 0 Å². The van der Waals surface area contributed by atoms with E-state index in [1.54, 1.807) is 11.8 Å². The Bertz CT molecular complexity index is 151. The molecule has 3 N–H and O–H groups in total. The van der Waals surface area contributed by atoms with Crippen molar-refractivity contribution >= 4 is 17.7 Å². The molecule has 0 aliphatic rings. The van der Waals surface area contributed by atoms with Crippen LogP contribution in [0, 0.1) is 5.92 Å². The van der Waals surface area contributed by atoms with Gasteiger partial charge in [-0.3, -0.25) is 4.79 Å². The van der Waals surface area contributed by atoms with Crippen molar-refractivity contribution in [1.29, 1.82) is 0 Å². The highest BCUT2D eigenvalue weighted by Gasteiger charge is 2.06. The minimum Gasteiger partial charge on any atom is -0.356 e. The third-order valence-corrected chi connectivity index (χ3v) is 2.51. The van der Waals surface area contributed by atoms with Crippen LogP contribution in [0.1, 0.15) is 20.3 Å². The fraction of sp³-hybridized carbons (Fsp3) is 0.889. The van der Waals surface area contributed by atoms with Crippen molar-refractivity contribution in [3.8, 4) is 0 Å². The fourth-order valence-corrected chi connectivity index (χ4v) is 1.68. The third-order valence-electron chi connectivity index (χ3n) is 1.61. The van der Waals surface area contributed by atoms with E-state index in [4.69, 9.17) is 5.73 Å². The van der Waals surface area contributed by atoms with Crippen LogP contribution in [0.2, 0.25) is 0 Å². The highest BCUT2D eigenvalue weighted by molar-refractivity contribution is 7.98. The van der Waals surface area contributed by atoms with Crippen molar-refractivity contribution < 1.29 is 4.79 Å². The maximum absolute atomic E-state index is 11.2. The zero-order valence-corrected chi connectivity index (χ0v) is 9.49. The molecule has 2 unspecified atom stereocenters. The Labute approximate surface area is 84.8 Å².